The summed E-state index contributed by atoms with van der Waals surface area (Å²) < 4.78 is 46.4. The van der Waals surface area contributed by atoms with Gasteiger partial charge in [-0.2, -0.15) is 0 Å². The number of hydrogen-bond donors (Lipinski definition) is 0. The molecule has 0 fully saturated rings. The Morgan fingerprint density at radius 3 is 2.31 bits per heavy atom. The van der Waals surface area contributed by atoms with Gasteiger partial charge in [-0.15, -0.1) is 0 Å². The van der Waals surface area contributed by atoms with E-state index in [1.165, 1.54) is 13.2 Å². The molecule has 0 atom stereocenters. The molecule has 0 aromatic heterocycles. The van der Waals surface area contributed by atoms with E-state index in [-0.39, 0.29) is 12.1 Å². The molecule has 26 heavy (non-hydrogen) atoms. The lowest BCUT2D eigenvalue weighted by atomic mass is 10.2. The van der Waals surface area contributed by atoms with Crippen LogP contribution in [0.3, 0.4) is 0 Å². The molecular weight excluding hydrogens is 359 g/mol. The number of carbonyl (C=O) groups excluding carboxylic acids is 1. The van der Waals surface area contributed by atoms with Crippen LogP contribution in [-0.4, -0.2) is 53.6 Å². The third-order valence-electron chi connectivity index (χ3n) is 3.71. The maximum Gasteiger partial charge on any atom is 0.337 e. The largest absolute Gasteiger partial charge is 0.465 e. The highest BCUT2D eigenvalue weighted by atomic mass is 32.2. The molecule has 2 rings (SSSR count). The Morgan fingerprint density at radius 1 is 1.08 bits per heavy atom. The average molecular weight is 380 g/mol. The fourth-order valence-electron chi connectivity index (χ4n) is 2.34. The van der Waals surface area contributed by atoms with Crippen LogP contribution in [0.5, 0.6) is 0 Å². The van der Waals surface area contributed by atoms with Crippen molar-refractivity contribution >= 4 is 21.7 Å². The van der Waals surface area contributed by atoms with Crippen LogP contribution in [0.1, 0.15) is 10.4 Å². The fourth-order valence-corrected chi connectivity index (χ4v) is 3.89. The number of methoxy groups -OCH3 is 1. The quantitative estimate of drug-likeness (QED) is 0.690. The molecular formula is C18H21FN2O4S. The van der Waals surface area contributed by atoms with E-state index in [9.17, 15) is 17.6 Å². The maximum absolute atomic E-state index is 14.3. The Labute approximate surface area is 152 Å². The number of para-hydroxylation sites is 1. The van der Waals surface area contributed by atoms with Crippen LogP contribution in [0.2, 0.25) is 0 Å². The van der Waals surface area contributed by atoms with Crippen molar-refractivity contribution < 1.29 is 22.3 Å². The van der Waals surface area contributed by atoms with Crippen LogP contribution in [-0.2, 0) is 14.8 Å². The van der Waals surface area contributed by atoms with E-state index in [1.54, 1.807) is 30.3 Å². The Bertz CT molecular complexity index is 870. The van der Waals surface area contributed by atoms with Crippen molar-refractivity contribution in [2.24, 2.45) is 0 Å². The number of benzene rings is 2. The Morgan fingerprint density at radius 2 is 1.73 bits per heavy atom. The molecule has 6 nitrogen and oxygen atoms in total. The first kappa shape index (κ1) is 19.9. The summed E-state index contributed by atoms with van der Waals surface area (Å²) in [6.45, 7) is 0.563. The van der Waals surface area contributed by atoms with Gasteiger partial charge in [0.1, 0.15) is 10.7 Å². The van der Waals surface area contributed by atoms with Crippen molar-refractivity contribution in [3.05, 3.63) is 59.9 Å². The second-order valence-corrected chi connectivity index (χ2v) is 7.68. The molecule has 140 valence electrons. The summed E-state index contributed by atoms with van der Waals surface area (Å²) in [5.74, 6) is -1.66. The van der Waals surface area contributed by atoms with Gasteiger partial charge in [-0.25, -0.2) is 17.6 Å². The highest BCUT2D eigenvalue weighted by Gasteiger charge is 2.29. The van der Waals surface area contributed by atoms with Gasteiger partial charge in [0.05, 0.1) is 18.4 Å². The molecule has 0 amide bonds. The van der Waals surface area contributed by atoms with Crippen LogP contribution < -0.4 is 4.31 Å². The monoisotopic (exact) mass is 380 g/mol. The van der Waals surface area contributed by atoms with E-state index in [0.29, 0.717) is 12.2 Å². The zero-order chi connectivity index (χ0) is 19.3. The first-order valence-electron chi connectivity index (χ1n) is 7.87. The van der Waals surface area contributed by atoms with Gasteiger partial charge < -0.3 is 9.64 Å². The molecule has 0 saturated heterocycles. The number of esters is 1. The molecule has 0 bridgehead atoms. The van der Waals surface area contributed by atoms with E-state index < -0.39 is 26.7 Å². The molecule has 0 aliphatic heterocycles. The Kier molecular flexibility index (Phi) is 6.33. The normalized spacial score (nSPS) is 11.4. The van der Waals surface area contributed by atoms with E-state index in [1.807, 2.05) is 19.0 Å². The van der Waals surface area contributed by atoms with Gasteiger partial charge in [-0.3, -0.25) is 4.31 Å². The van der Waals surface area contributed by atoms with Crippen molar-refractivity contribution in [3.8, 4) is 0 Å². The van der Waals surface area contributed by atoms with Gasteiger partial charge in [0.15, 0.2) is 0 Å². The molecule has 0 aliphatic rings. The first-order chi connectivity index (χ1) is 12.3. The number of carbonyl (C=O) groups is 1. The van der Waals surface area contributed by atoms with Gasteiger partial charge in [0, 0.05) is 13.1 Å². The summed E-state index contributed by atoms with van der Waals surface area (Å²) in [4.78, 5) is 13.0. The van der Waals surface area contributed by atoms with Crippen molar-refractivity contribution in [2.45, 2.75) is 4.90 Å². The topological polar surface area (TPSA) is 66.9 Å². The molecule has 0 radical (unpaired) electrons. The van der Waals surface area contributed by atoms with Crippen molar-refractivity contribution in [2.75, 3.05) is 38.6 Å². The maximum atomic E-state index is 14.3. The highest BCUT2D eigenvalue weighted by Crippen LogP contribution is 2.26. The van der Waals surface area contributed by atoms with E-state index in [2.05, 4.69) is 4.74 Å². The number of hydrogen-bond acceptors (Lipinski definition) is 5. The van der Waals surface area contributed by atoms with E-state index >= 15 is 0 Å². The predicted octanol–water partition coefficient (Wildman–Crippen LogP) is 2.37. The SMILES string of the molecule is COC(=O)c1ccc(F)c(S(=O)(=O)N(CCN(C)C)c2ccccc2)c1. The molecule has 0 N–H and O–H groups in total. The minimum Gasteiger partial charge on any atom is -0.465 e. The standard InChI is InChI=1S/C18H21FN2O4S/c1-20(2)11-12-21(15-7-5-4-6-8-15)26(23,24)17-13-14(18(22)25-3)9-10-16(17)19/h4-10,13H,11-12H2,1-3H3. The summed E-state index contributed by atoms with van der Waals surface area (Å²) >= 11 is 0. The summed E-state index contributed by atoms with van der Waals surface area (Å²) in [6, 6.07) is 11.6. The van der Waals surface area contributed by atoms with Gasteiger partial charge >= 0.3 is 5.97 Å². The smallest absolute Gasteiger partial charge is 0.337 e. The first-order valence-corrected chi connectivity index (χ1v) is 9.31. The molecule has 2 aromatic rings. The molecule has 0 saturated carbocycles. The summed E-state index contributed by atoms with van der Waals surface area (Å²) in [6.07, 6.45) is 0. The van der Waals surface area contributed by atoms with Crippen molar-refractivity contribution in [3.63, 3.8) is 0 Å². The van der Waals surface area contributed by atoms with E-state index in [0.717, 1.165) is 16.4 Å². The highest BCUT2D eigenvalue weighted by molar-refractivity contribution is 7.92. The number of ether oxygens (including phenoxy) is 1. The zero-order valence-electron chi connectivity index (χ0n) is 14.8. The lowest BCUT2D eigenvalue weighted by Crippen LogP contribution is -2.37. The third-order valence-corrected chi connectivity index (χ3v) is 5.56. The Balaban J connectivity index is 2.54. The Hall–Kier alpha value is -2.45. The number of rotatable bonds is 7. The number of nitrogens with zero attached hydrogens (tertiary/aromatic N) is 2. The van der Waals surface area contributed by atoms with Crippen LogP contribution in [0.4, 0.5) is 10.1 Å². The summed E-state index contributed by atoms with van der Waals surface area (Å²) in [5, 5.41) is 0. The van der Waals surface area contributed by atoms with Crippen LogP contribution in [0.15, 0.2) is 53.4 Å². The second kappa shape index (κ2) is 8.29. The minimum absolute atomic E-state index is 0.0342. The van der Waals surface area contributed by atoms with E-state index in [4.69, 9.17) is 0 Å². The third kappa shape index (κ3) is 4.39. The lowest BCUT2D eigenvalue weighted by Gasteiger charge is -2.26. The number of likely N-dealkylation sites (N-methyl/N-ethyl adjacent to an activating group) is 1. The number of anilines is 1. The zero-order valence-corrected chi connectivity index (χ0v) is 15.7. The number of halogens is 1. The molecule has 0 heterocycles. The van der Waals surface area contributed by atoms with Gasteiger partial charge in [0.25, 0.3) is 10.0 Å². The van der Waals surface area contributed by atoms with Crippen LogP contribution in [0, 0.1) is 5.82 Å². The van der Waals surface area contributed by atoms with Gasteiger partial charge in [0.2, 0.25) is 0 Å². The fraction of sp³-hybridized carbons (Fsp3) is 0.278. The lowest BCUT2D eigenvalue weighted by molar-refractivity contribution is 0.0600. The molecule has 0 unspecified atom stereocenters. The molecule has 8 heteroatoms. The van der Waals surface area contributed by atoms with Gasteiger partial charge in [-0.1, -0.05) is 18.2 Å². The predicted molar refractivity (Wildman–Crippen MR) is 97.3 cm³/mol. The summed E-state index contributed by atoms with van der Waals surface area (Å²) in [7, 11) is 0.581. The molecule has 0 aliphatic carbocycles. The second-order valence-electron chi connectivity index (χ2n) is 5.85. The van der Waals surface area contributed by atoms with Gasteiger partial charge in [-0.05, 0) is 44.4 Å². The van der Waals surface area contributed by atoms with Crippen LogP contribution >= 0.6 is 0 Å². The minimum atomic E-state index is -4.22. The molecule has 2 aromatic carbocycles. The molecule has 0 spiro atoms. The van der Waals surface area contributed by atoms with Crippen LogP contribution in [0.25, 0.3) is 0 Å². The van der Waals surface area contributed by atoms with Crippen molar-refractivity contribution in [1.29, 1.82) is 0 Å². The average Bonchev–Trinajstić information content (AvgIpc) is 2.62. The number of sulfonamides is 1. The summed E-state index contributed by atoms with van der Waals surface area (Å²) in [5.41, 5.74) is 0.380. The van der Waals surface area contributed by atoms with Crippen molar-refractivity contribution in [1.82, 2.24) is 4.90 Å².